The van der Waals surface area contributed by atoms with Gasteiger partial charge in [-0.1, -0.05) is 291 Å². The number of fused-ring (bicyclic) bond motifs is 9. The first-order chi connectivity index (χ1) is 66.8. The van der Waals surface area contributed by atoms with Crippen molar-refractivity contribution in [2.75, 3.05) is 0 Å². The number of hydrogen-bond donors (Lipinski definition) is 0. The van der Waals surface area contributed by atoms with Gasteiger partial charge in [-0.25, -0.2) is 64.8 Å². The summed E-state index contributed by atoms with van der Waals surface area (Å²) in [4.78, 5) is 64.6. The van der Waals surface area contributed by atoms with Crippen LogP contribution >= 0.6 is 0 Å². The number of benzene rings is 15. The second kappa shape index (κ2) is 33.4. The van der Waals surface area contributed by atoms with E-state index in [-0.39, 0.29) is 0 Å². The standard InChI is InChI=1S/2C40H24N4O.C39H23N5O/c1-3-10-25(11-4-1)34-24-35(44-39(43-34)26-12-5-2-6-13-26)33-22-19-27-18-21-32(41-40(27)42-33)28-20-23-37-38-30(28)15-9-16-31(38)29-14-7-8-17-36(29)45-37;1-3-10-25(11-4-1)34-24-35(26-12-5-2-6-13-26)44-40(43-34)33-22-19-27-18-21-32(41-39(27)42-33)28-20-23-37-38-30(28)15-9-16-31(38)29-14-7-8-17-36(29)45-37;1-3-10-24(11-4-1)37-42-38(25-12-5-2-6-13-25)44-39(43-37)32-22-19-26-18-21-31(40-36(26)41-32)27-20-23-34-35-29(27)15-9-16-30(35)28-14-7-8-17-33(28)45-34/h2*1-24H;1-23H. The predicted octanol–water partition coefficient (Wildman–Crippen LogP) is 29.4. The molecule has 3 aliphatic rings. The third kappa shape index (κ3) is 14.7. The summed E-state index contributed by atoms with van der Waals surface area (Å²) < 4.78 is 18.9. The maximum atomic E-state index is 6.31. The molecule has 16 nitrogen and oxygen atoms in total. The van der Waals surface area contributed by atoms with Crippen molar-refractivity contribution in [1.82, 2.24) is 64.8 Å². The van der Waals surface area contributed by atoms with E-state index in [4.69, 9.17) is 79.0 Å². The van der Waals surface area contributed by atoms with Gasteiger partial charge in [-0.15, -0.1) is 0 Å². The Morgan fingerprint density at radius 2 is 0.385 bits per heavy atom. The molecular weight excluding hydrogens is 1660 g/mol. The Bertz CT molecular complexity index is 7860. The predicted molar refractivity (Wildman–Crippen MR) is 537 cm³/mol. The average molecular weight is 1730 g/mol. The first-order valence-corrected chi connectivity index (χ1v) is 44.6. The molecule has 12 heterocycles. The van der Waals surface area contributed by atoms with E-state index in [1.165, 1.54) is 5.56 Å². The van der Waals surface area contributed by atoms with Crippen LogP contribution in [0.25, 0.3) is 235 Å². The lowest BCUT2D eigenvalue weighted by molar-refractivity contribution is 0.487. The van der Waals surface area contributed by atoms with Gasteiger partial charge in [0, 0.05) is 99.1 Å². The Hall–Kier alpha value is -18.7. The first kappa shape index (κ1) is 78.6. The molecule has 135 heavy (non-hydrogen) atoms. The van der Waals surface area contributed by atoms with Gasteiger partial charge in [0.15, 0.2) is 46.1 Å². The summed E-state index contributed by atoms with van der Waals surface area (Å²) in [7, 11) is 0. The molecule has 0 saturated heterocycles. The summed E-state index contributed by atoms with van der Waals surface area (Å²) in [6.45, 7) is 0. The third-order valence-electron chi connectivity index (χ3n) is 24.8. The van der Waals surface area contributed by atoms with Crippen LogP contribution in [0.5, 0.6) is 34.5 Å². The fraction of sp³-hybridized carbons (Fsp3) is 0. The van der Waals surface area contributed by atoms with Crippen molar-refractivity contribution in [1.29, 1.82) is 0 Å². The van der Waals surface area contributed by atoms with Crippen molar-refractivity contribution >= 4 is 65.4 Å². The summed E-state index contributed by atoms with van der Waals surface area (Å²) in [6, 6.07) is 145. The summed E-state index contributed by atoms with van der Waals surface area (Å²) in [6.07, 6.45) is 0. The van der Waals surface area contributed by atoms with Gasteiger partial charge in [0.1, 0.15) is 45.9 Å². The van der Waals surface area contributed by atoms with E-state index >= 15 is 0 Å². The number of nitrogens with zero attached hydrogens (tertiary/aromatic N) is 13. The fourth-order valence-electron chi connectivity index (χ4n) is 18.3. The Kier molecular flexibility index (Phi) is 19.5. The zero-order valence-electron chi connectivity index (χ0n) is 72.0. The van der Waals surface area contributed by atoms with Gasteiger partial charge in [0.25, 0.3) is 0 Å². The molecule has 0 aliphatic carbocycles. The van der Waals surface area contributed by atoms with Crippen LogP contribution in [-0.2, 0) is 0 Å². The smallest absolute Gasteiger partial charge is 0.182 e. The van der Waals surface area contributed by atoms with Crippen LogP contribution in [0.4, 0.5) is 0 Å². The molecule has 0 saturated carbocycles. The minimum atomic E-state index is 0.495. The van der Waals surface area contributed by atoms with Gasteiger partial charge in [0.05, 0.1) is 45.6 Å². The van der Waals surface area contributed by atoms with E-state index in [0.717, 1.165) is 206 Å². The SMILES string of the molecule is c1ccc(-c2cc(-c3ccc4ccc(-c5ccc6c7c(cccc57)-c5ccccc5O6)nc4n3)nc(-c3ccccc3)n2)cc1.c1ccc(-c2cc(-c3ccccc3)nc(-c3ccc4ccc(-c5ccc6c7c(cccc57)-c5ccccc5O6)nc4n3)n2)cc1.c1ccc(-c2nc(-c3ccccc3)nc(-c3ccc4ccc(-c5ccc6c7c(cccc57)-c5ccccc5O6)nc4n3)n2)cc1. The normalized spacial score (nSPS) is 11.7. The summed E-state index contributed by atoms with van der Waals surface area (Å²) in [5.41, 5.74) is 25.5. The zero-order chi connectivity index (χ0) is 89.2. The highest BCUT2D eigenvalue weighted by Crippen LogP contribution is 2.53. The molecule has 0 atom stereocenters. The van der Waals surface area contributed by atoms with Gasteiger partial charge < -0.3 is 14.2 Å². The largest absolute Gasteiger partial charge is 0.456 e. The Labute approximate surface area is 774 Å². The van der Waals surface area contributed by atoms with Crippen LogP contribution in [0.3, 0.4) is 0 Å². The van der Waals surface area contributed by atoms with Crippen LogP contribution in [0.15, 0.2) is 431 Å². The summed E-state index contributed by atoms with van der Waals surface area (Å²) in [5.74, 6) is 8.08. The molecule has 0 bridgehead atoms. The molecule has 3 aliphatic heterocycles. The monoisotopic (exact) mass is 1730 g/mol. The molecule has 15 aromatic carbocycles. The molecule has 24 aromatic rings. The Balaban J connectivity index is 0.000000108. The van der Waals surface area contributed by atoms with Gasteiger partial charge in [-0.3, -0.25) is 0 Å². The second-order valence-electron chi connectivity index (χ2n) is 33.1. The van der Waals surface area contributed by atoms with Crippen LogP contribution in [0.2, 0.25) is 0 Å². The summed E-state index contributed by atoms with van der Waals surface area (Å²) >= 11 is 0. The minimum Gasteiger partial charge on any atom is -0.456 e. The minimum absolute atomic E-state index is 0.495. The molecule has 27 rings (SSSR count). The Morgan fingerprint density at radius 1 is 0.133 bits per heavy atom. The first-order valence-electron chi connectivity index (χ1n) is 44.6. The van der Waals surface area contributed by atoms with Gasteiger partial charge in [-0.2, -0.15) is 0 Å². The lowest BCUT2D eigenvalue weighted by Crippen LogP contribution is -2.01. The van der Waals surface area contributed by atoms with E-state index in [0.29, 0.717) is 57.5 Å². The highest BCUT2D eigenvalue weighted by Gasteiger charge is 2.28. The molecule has 630 valence electrons. The highest BCUT2D eigenvalue weighted by molar-refractivity contribution is 6.13. The summed E-state index contributed by atoms with van der Waals surface area (Å²) in [5, 5.41) is 9.39. The van der Waals surface area contributed by atoms with E-state index in [1.54, 1.807) is 0 Å². The molecular formula is C119H71N13O3. The van der Waals surface area contributed by atoms with Crippen LogP contribution in [0.1, 0.15) is 0 Å². The van der Waals surface area contributed by atoms with Crippen molar-refractivity contribution in [3.63, 3.8) is 0 Å². The third-order valence-corrected chi connectivity index (χ3v) is 24.8. The number of rotatable bonds is 12. The Morgan fingerprint density at radius 3 is 0.741 bits per heavy atom. The van der Waals surface area contributed by atoms with Crippen LogP contribution in [-0.4, -0.2) is 64.8 Å². The van der Waals surface area contributed by atoms with Crippen molar-refractivity contribution < 1.29 is 14.2 Å². The van der Waals surface area contributed by atoms with Crippen molar-refractivity contribution in [3.8, 4) is 204 Å². The molecule has 9 aromatic heterocycles. The van der Waals surface area contributed by atoms with E-state index in [1.807, 2.05) is 261 Å². The molecule has 0 spiro atoms. The van der Waals surface area contributed by atoms with E-state index < -0.39 is 0 Å². The molecule has 0 amide bonds. The lowest BCUT2D eigenvalue weighted by Gasteiger charge is -2.22. The number of para-hydroxylation sites is 3. The number of hydrogen-bond acceptors (Lipinski definition) is 16. The average Bonchev–Trinajstić information content (AvgIpc) is 0.742. The molecule has 0 unspecified atom stereocenters. The van der Waals surface area contributed by atoms with Gasteiger partial charge in [0.2, 0.25) is 0 Å². The number of pyridine rings is 6. The zero-order valence-corrected chi connectivity index (χ0v) is 72.0. The van der Waals surface area contributed by atoms with Crippen molar-refractivity contribution in [3.05, 3.63) is 431 Å². The van der Waals surface area contributed by atoms with Crippen molar-refractivity contribution in [2.45, 2.75) is 0 Å². The number of ether oxygens (including phenoxy) is 3. The second-order valence-corrected chi connectivity index (χ2v) is 33.1. The van der Waals surface area contributed by atoms with E-state index in [2.05, 4.69) is 170 Å². The van der Waals surface area contributed by atoms with E-state index in [9.17, 15) is 0 Å². The van der Waals surface area contributed by atoms with Crippen LogP contribution < -0.4 is 14.2 Å². The molecule has 0 radical (unpaired) electrons. The van der Waals surface area contributed by atoms with Gasteiger partial charge in [-0.05, 0) is 172 Å². The quantitative estimate of drug-likeness (QED) is 0.112. The molecule has 0 N–H and O–H groups in total. The fourth-order valence-corrected chi connectivity index (χ4v) is 18.3. The van der Waals surface area contributed by atoms with Crippen LogP contribution in [0, 0.1) is 0 Å². The van der Waals surface area contributed by atoms with Gasteiger partial charge >= 0.3 is 0 Å². The number of aromatic nitrogens is 13. The maximum absolute atomic E-state index is 6.31. The highest BCUT2D eigenvalue weighted by atomic mass is 16.5. The maximum Gasteiger partial charge on any atom is 0.182 e. The van der Waals surface area contributed by atoms with Crippen molar-refractivity contribution in [2.24, 2.45) is 0 Å². The lowest BCUT2D eigenvalue weighted by atomic mass is 9.91. The molecule has 0 fully saturated rings. The topological polar surface area (TPSA) is 195 Å². The molecule has 16 heteroatoms.